The molecule has 0 N–H and O–H groups in total. The van der Waals surface area contributed by atoms with Gasteiger partial charge < -0.3 is 4.74 Å². The van der Waals surface area contributed by atoms with Crippen LogP contribution in [0.3, 0.4) is 0 Å². The van der Waals surface area contributed by atoms with Crippen molar-refractivity contribution in [1.82, 2.24) is 0 Å². The number of hydrogen-bond donors (Lipinski definition) is 0. The van der Waals surface area contributed by atoms with E-state index in [2.05, 4.69) is 32.9 Å². The Bertz CT molecular complexity index is 335. The summed E-state index contributed by atoms with van der Waals surface area (Å²) in [4.78, 5) is 12.2. The van der Waals surface area contributed by atoms with E-state index in [9.17, 15) is 4.79 Å². The molecule has 0 aromatic heterocycles. The fraction of sp³-hybridized carbons (Fsp3) is 0.875. The molecule has 2 heteroatoms. The van der Waals surface area contributed by atoms with Crippen LogP contribution in [0.2, 0.25) is 0 Å². The second kappa shape index (κ2) is 19.0. The van der Waals surface area contributed by atoms with Crippen LogP contribution in [-0.2, 0) is 9.53 Å². The van der Waals surface area contributed by atoms with E-state index in [1.54, 1.807) is 0 Å². The maximum absolute atomic E-state index is 12.2. The molecule has 2 atom stereocenters. The number of esters is 1. The van der Waals surface area contributed by atoms with Gasteiger partial charge in [-0.05, 0) is 25.7 Å². The van der Waals surface area contributed by atoms with E-state index in [-0.39, 0.29) is 11.9 Å². The third kappa shape index (κ3) is 15.5. The van der Waals surface area contributed by atoms with Gasteiger partial charge >= 0.3 is 5.97 Å². The molecule has 2 unspecified atom stereocenters. The second-order valence-corrected chi connectivity index (χ2v) is 7.83. The van der Waals surface area contributed by atoms with Gasteiger partial charge in [-0.15, -0.1) is 0 Å². The number of carbonyl (C=O) groups excluding carboxylic acids is 1. The number of hydrogen-bond acceptors (Lipinski definition) is 2. The van der Waals surface area contributed by atoms with Crippen LogP contribution in [0.5, 0.6) is 0 Å². The van der Waals surface area contributed by atoms with E-state index in [1.807, 2.05) is 6.92 Å². The molecule has 0 saturated carbocycles. The molecule has 154 valence electrons. The molecule has 0 heterocycles. The summed E-state index contributed by atoms with van der Waals surface area (Å²) >= 11 is 0. The molecule has 0 rings (SSSR count). The van der Waals surface area contributed by atoms with Crippen molar-refractivity contribution in [2.24, 2.45) is 11.8 Å². The third-order valence-electron chi connectivity index (χ3n) is 5.14. The van der Waals surface area contributed by atoms with Crippen molar-refractivity contribution in [2.45, 2.75) is 118 Å². The van der Waals surface area contributed by atoms with Gasteiger partial charge in [0.1, 0.15) is 0 Å². The number of unbranched alkanes of at least 4 members (excludes halogenated alkanes) is 10. The van der Waals surface area contributed by atoms with Gasteiger partial charge in [-0.1, -0.05) is 110 Å². The molecule has 0 spiro atoms. The Kier molecular flexibility index (Phi) is 18.4. The summed E-state index contributed by atoms with van der Waals surface area (Å²) < 4.78 is 5.28. The Morgan fingerprint density at radius 3 is 1.81 bits per heavy atom. The summed E-state index contributed by atoms with van der Waals surface area (Å²) in [7, 11) is 0. The van der Waals surface area contributed by atoms with Crippen molar-refractivity contribution in [3.63, 3.8) is 0 Å². The molecule has 0 aliphatic rings. The van der Waals surface area contributed by atoms with Crippen LogP contribution in [-0.4, -0.2) is 12.6 Å². The van der Waals surface area contributed by atoms with Gasteiger partial charge in [0.2, 0.25) is 0 Å². The molecule has 0 aromatic carbocycles. The largest absolute Gasteiger partial charge is 0.466 e. The number of ether oxygens (including phenoxy) is 1. The number of rotatable bonds is 18. The van der Waals surface area contributed by atoms with Crippen LogP contribution in [0.4, 0.5) is 0 Å². The standard InChI is InChI=1S/C24H46O2/c1-5-8-10-12-13-14-15-17-19-23(24(25)26-7-3)21-20-22(4)18-16-11-9-6-2/h20-23H,5-19H2,1-4H3. The van der Waals surface area contributed by atoms with Gasteiger partial charge in [0.25, 0.3) is 0 Å². The Hall–Kier alpha value is -0.790. The highest BCUT2D eigenvalue weighted by Crippen LogP contribution is 2.18. The molecule has 0 aliphatic heterocycles. The molecule has 0 aliphatic carbocycles. The molecule has 0 fully saturated rings. The summed E-state index contributed by atoms with van der Waals surface area (Å²) in [6, 6.07) is 0. The van der Waals surface area contributed by atoms with E-state index in [0.29, 0.717) is 12.5 Å². The fourth-order valence-electron chi connectivity index (χ4n) is 3.35. The predicted octanol–water partition coefficient (Wildman–Crippen LogP) is 7.86. The first kappa shape index (κ1) is 25.2. The van der Waals surface area contributed by atoms with Crippen LogP contribution >= 0.6 is 0 Å². The highest BCUT2D eigenvalue weighted by Gasteiger charge is 2.16. The maximum Gasteiger partial charge on any atom is 0.312 e. The first-order valence-corrected chi connectivity index (χ1v) is 11.5. The summed E-state index contributed by atoms with van der Waals surface area (Å²) in [5.41, 5.74) is 0. The molecular weight excluding hydrogens is 320 g/mol. The molecule has 0 bridgehead atoms. The predicted molar refractivity (Wildman–Crippen MR) is 114 cm³/mol. The van der Waals surface area contributed by atoms with Crippen LogP contribution < -0.4 is 0 Å². The van der Waals surface area contributed by atoms with Gasteiger partial charge in [0.15, 0.2) is 0 Å². The molecule has 0 saturated heterocycles. The third-order valence-corrected chi connectivity index (χ3v) is 5.14. The zero-order chi connectivity index (χ0) is 19.5. The lowest BCUT2D eigenvalue weighted by Crippen LogP contribution is -2.16. The van der Waals surface area contributed by atoms with E-state index in [4.69, 9.17) is 4.74 Å². The van der Waals surface area contributed by atoms with Gasteiger partial charge in [-0.2, -0.15) is 0 Å². The van der Waals surface area contributed by atoms with Crippen LogP contribution in [0.25, 0.3) is 0 Å². The quantitative estimate of drug-likeness (QED) is 0.140. The first-order valence-electron chi connectivity index (χ1n) is 11.5. The lowest BCUT2D eigenvalue weighted by Gasteiger charge is -2.13. The van der Waals surface area contributed by atoms with Crippen molar-refractivity contribution in [3.8, 4) is 0 Å². The highest BCUT2D eigenvalue weighted by molar-refractivity contribution is 5.74. The average molecular weight is 367 g/mol. The molecule has 26 heavy (non-hydrogen) atoms. The molecular formula is C24H46O2. The fourth-order valence-corrected chi connectivity index (χ4v) is 3.35. The lowest BCUT2D eigenvalue weighted by molar-refractivity contribution is -0.146. The van der Waals surface area contributed by atoms with Crippen molar-refractivity contribution in [2.75, 3.05) is 6.61 Å². The molecule has 0 aromatic rings. The minimum Gasteiger partial charge on any atom is -0.466 e. The number of allylic oxidation sites excluding steroid dienone is 1. The summed E-state index contributed by atoms with van der Waals surface area (Å²) in [5.74, 6) is 0.473. The Morgan fingerprint density at radius 2 is 1.23 bits per heavy atom. The van der Waals surface area contributed by atoms with Crippen LogP contribution in [0.15, 0.2) is 12.2 Å². The Morgan fingerprint density at radius 1 is 0.731 bits per heavy atom. The summed E-state index contributed by atoms with van der Waals surface area (Å²) in [6.45, 7) is 9.15. The summed E-state index contributed by atoms with van der Waals surface area (Å²) in [5, 5.41) is 0. The minimum atomic E-state index is -0.0480. The normalized spacial score (nSPS) is 13.8. The first-order chi connectivity index (χ1) is 12.7. The molecule has 0 radical (unpaired) electrons. The van der Waals surface area contributed by atoms with Crippen molar-refractivity contribution >= 4 is 5.97 Å². The number of carbonyl (C=O) groups is 1. The Balaban J connectivity index is 4.11. The van der Waals surface area contributed by atoms with Crippen LogP contribution in [0, 0.1) is 11.8 Å². The second-order valence-electron chi connectivity index (χ2n) is 7.83. The topological polar surface area (TPSA) is 26.3 Å². The van der Waals surface area contributed by atoms with Crippen molar-refractivity contribution < 1.29 is 9.53 Å². The van der Waals surface area contributed by atoms with Gasteiger partial charge in [-0.25, -0.2) is 0 Å². The van der Waals surface area contributed by atoms with Crippen molar-refractivity contribution in [1.29, 1.82) is 0 Å². The average Bonchev–Trinajstić information content (AvgIpc) is 2.63. The maximum atomic E-state index is 12.2. The van der Waals surface area contributed by atoms with Gasteiger partial charge in [0, 0.05) is 0 Å². The zero-order valence-electron chi connectivity index (χ0n) is 18.2. The van der Waals surface area contributed by atoms with E-state index in [0.717, 1.165) is 12.8 Å². The SMILES string of the molecule is CCCCCCCCCCC(C=CC(C)CCCCCC)C(=O)OCC. The minimum absolute atomic E-state index is 0.0371. The molecule has 0 amide bonds. The zero-order valence-corrected chi connectivity index (χ0v) is 18.2. The van der Waals surface area contributed by atoms with Crippen LogP contribution in [0.1, 0.15) is 118 Å². The van der Waals surface area contributed by atoms with Gasteiger partial charge in [-0.3, -0.25) is 4.79 Å². The van der Waals surface area contributed by atoms with Gasteiger partial charge in [0.05, 0.1) is 12.5 Å². The van der Waals surface area contributed by atoms with E-state index in [1.165, 1.54) is 77.0 Å². The van der Waals surface area contributed by atoms with E-state index >= 15 is 0 Å². The lowest BCUT2D eigenvalue weighted by atomic mass is 9.96. The Labute approximate surface area is 164 Å². The van der Waals surface area contributed by atoms with E-state index < -0.39 is 0 Å². The smallest absolute Gasteiger partial charge is 0.312 e. The monoisotopic (exact) mass is 366 g/mol. The molecule has 2 nitrogen and oxygen atoms in total. The van der Waals surface area contributed by atoms with Crippen molar-refractivity contribution in [3.05, 3.63) is 12.2 Å². The summed E-state index contributed by atoms with van der Waals surface area (Å²) in [6.07, 6.45) is 22.2. The highest BCUT2D eigenvalue weighted by atomic mass is 16.5.